The van der Waals surface area contributed by atoms with Crippen LogP contribution < -0.4 is 5.32 Å². The molecule has 1 unspecified atom stereocenters. The summed E-state index contributed by atoms with van der Waals surface area (Å²) >= 11 is 0. The van der Waals surface area contributed by atoms with Gasteiger partial charge in [-0.1, -0.05) is 13.3 Å². The second-order valence-electron chi connectivity index (χ2n) is 4.86. The number of hydrogen-bond acceptors (Lipinski definition) is 4. The van der Waals surface area contributed by atoms with Crippen molar-refractivity contribution in [3.8, 4) is 0 Å². The average Bonchev–Trinajstić information content (AvgIpc) is 2.80. The topological polar surface area (TPSA) is 66.5 Å². The van der Waals surface area contributed by atoms with Crippen LogP contribution in [0.4, 0.5) is 5.82 Å². The zero-order valence-corrected chi connectivity index (χ0v) is 12.0. The SMILES string of the molecule is CCCc1cnc(C)nc1NC(C)c1ncc(C)[nH]1. The highest BCUT2D eigenvalue weighted by Gasteiger charge is 2.12. The number of nitrogens with one attached hydrogen (secondary N) is 2. The maximum absolute atomic E-state index is 4.50. The lowest BCUT2D eigenvalue weighted by Crippen LogP contribution is -2.12. The van der Waals surface area contributed by atoms with E-state index < -0.39 is 0 Å². The van der Waals surface area contributed by atoms with Crippen molar-refractivity contribution in [2.75, 3.05) is 5.32 Å². The van der Waals surface area contributed by atoms with Crippen molar-refractivity contribution in [2.45, 2.75) is 46.6 Å². The second kappa shape index (κ2) is 5.82. The molecule has 2 aromatic heterocycles. The molecule has 5 heteroatoms. The van der Waals surface area contributed by atoms with Gasteiger partial charge in [0, 0.05) is 23.7 Å². The Kier molecular flexibility index (Phi) is 4.14. The number of H-pyrrole nitrogens is 1. The van der Waals surface area contributed by atoms with Crippen LogP contribution in [-0.4, -0.2) is 19.9 Å². The smallest absolute Gasteiger partial charge is 0.133 e. The van der Waals surface area contributed by atoms with Gasteiger partial charge < -0.3 is 10.3 Å². The van der Waals surface area contributed by atoms with E-state index in [0.29, 0.717) is 0 Å². The number of aromatic nitrogens is 4. The maximum Gasteiger partial charge on any atom is 0.133 e. The third-order valence-corrected chi connectivity index (χ3v) is 2.99. The quantitative estimate of drug-likeness (QED) is 0.866. The van der Waals surface area contributed by atoms with E-state index in [1.54, 1.807) is 0 Å². The predicted octanol–water partition coefficient (Wildman–Crippen LogP) is 2.94. The molecular weight excluding hydrogens is 238 g/mol. The lowest BCUT2D eigenvalue weighted by Gasteiger charge is -2.15. The molecular formula is C14H21N5. The van der Waals surface area contributed by atoms with E-state index in [-0.39, 0.29) is 6.04 Å². The van der Waals surface area contributed by atoms with Gasteiger partial charge in [-0.2, -0.15) is 0 Å². The van der Waals surface area contributed by atoms with Gasteiger partial charge in [-0.3, -0.25) is 0 Å². The summed E-state index contributed by atoms with van der Waals surface area (Å²) < 4.78 is 0. The molecule has 2 rings (SSSR count). The first-order valence-corrected chi connectivity index (χ1v) is 6.70. The molecule has 1 atom stereocenters. The fraction of sp³-hybridized carbons (Fsp3) is 0.500. The Bertz CT molecular complexity index is 547. The van der Waals surface area contributed by atoms with Crippen LogP contribution in [0.1, 0.15) is 49.2 Å². The molecule has 0 saturated heterocycles. The zero-order valence-electron chi connectivity index (χ0n) is 12.0. The third-order valence-electron chi connectivity index (χ3n) is 2.99. The fourth-order valence-corrected chi connectivity index (χ4v) is 2.00. The Morgan fingerprint density at radius 2 is 2.05 bits per heavy atom. The van der Waals surface area contributed by atoms with Gasteiger partial charge in [-0.05, 0) is 27.2 Å². The van der Waals surface area contributed by atoms with Crippen LogP contribution in [0, 0.1) is 13.8 Å². The summed E-state index contributed by atoms with van der Waals surface area (Å²) in [6.07, 6.45) is 5.81. The zero-order chi connectivity index (χ0) is 13.8. The number of aryl methyl sites for hydroxylation is 3. The Morgan fingerprint density at radius 3 is 2.68 bits per heavy atom. The summed E-state index contributed by atoms with van der Waals surface area (Å²) in [5.74, 6) is 2.62. The Balaban J connectivity index is 2.19. The average molecular weight is 259 g/mol. The normalized spacial score (nSPS) is 12.4. The van der Waals surface area contributed by atoms with Crippen molar-refractivity contribution in [1.82, 2.24) is 19.9 Å². The highest BCUT2D eigenvalue weighted by molar-refractivity contribution is 5.44. The molecule has 0 fully saturated rings. The van der Waals surface area contributed by atoms with E-state index in [9.17, 15) is 0 Å². The predicted molar refractivity (Wildman–Crippen MR) is 76.1 cm³/mol. The van der Waals surface area contributed by atoms with E-state index in [0.717, 1.165) is 41.6 Å². The van der Waals surface area contributed by atoms with Gasteiger partial charge in [0.25, 0.3) is 0 Å². The number of nitrogens with zero attached hydrogens (tertiary/aromatic N) is 3. The molecule has 19 heavy (non-hydrogen) atoms. The summed E-state index contributed by atoms with van der Waals surface area (Å²) in [5, 5.41) is 3.42. The van der Waals surface area contributed by atoms with Gasteiger partial charge >= 0.3 is 0 Å². The molecule has 2 heterocycles. The van der Waals surface area contributed by atoms with Crippen LogP contribution in [0.3, 0.4) is 0 Å². The fourth-order valence-electron chi connectivity index (χ4n) is 2.00. The van der Waals surface area contributed by atoms with Crippen LogP contribution in [0.2, 0.25) is 0 Å². The van der Waals surface area contributed by atoms with Crippen LogP contribution in [0.15, 0.2) is 12.4 Å². The van der Waals surface area contributed by atoms with Crippen molar-refractivity contribution in [1.29, 1.82) is 0 Å². The van der Waals surface area contributed by atoms with E-state index in [2.05, 4.69) is 39.1 Å². The minimum absolute atomic E-state index is 0.0959. The van der Waals surface area contributed by atoms with E-state index in [1.165, 1.54) is 0 Å². The first kappa shape index (κ1) is 13.5. The minimum atomic E-state index is 0.0959. The van der Waals surface area contributed by atoms with Gasteiger partial charge in [0.15, 0.2) is 0 Å². The molecule has 102 valence electrons. The van der Waals surface area contributed by atoms with Crippen molar-refractivity contribution < 1.29 is 0 Å². The van der Waals surface area contributed by atoms with Crippen LogP contribution >= 0.6 is 0 Å². The molecule has 0 aliphatic carbocycles. The van der Waals surface area contributed by atoms with Gasteiger partial charge in [-0.25, -0.2) is 15.0 Å². The van der Waals surface area contributed by atoms with Crippen LogP contribution in [0.25, 0.3) is 0 Å². The molecule has 2 N–H and O–H groups in total. The third kappa shape index (κ3) is 3.30. The van der Waals surface area contributed by atoms with E-state index >= 15 is 0 Å². The molecule has 0 aromatic carbocycles. The Morgan fingerprint density at radius 1 is 1.26 bits per heavy atom. The molecule has 0 aliphatic rings. The van der Waals surface area contributed by atoms with Gasteiger partial charge in [0.1, 0.15) is 17.5 Å². The second-order valence-corrected chi connectivity index (χ2v) is 4.86. The molecule has 0 amide bonds. The lowest BCUT2D eigenvalue weighted by atomic mass is 10.1. The maximum atomic E-state index is 4.50. The van der Waals surface area contributed by atoms with Gasteiger partial charge in [0.2, 0.25) is 0 Å². The minimum Gasteiger partial charge on any atom is -0.360 e. The number of rotatable bonds is 5. The Labute approximate surface area is 113 Å². The van der Waals surface area contributed by atoms with Gasteiger partial charge in [0.05, 0.1) is 6.04 Å². The largest absolute Gasteiger partial charge is 0.360 e. The lowest BCUT2D eigenvalue weighted by molar-refractivity contribution is 0.788. The van der Waals surface area contributed by atoms with Gasteiger partial charge in [-0.15, -0.1) is 0 Å². The summed E-state index contributed by atoms with van der Waals surface area (Å²) in [5.41, 5.74) is 2.22. The summed E-state index contributed by atoms with van der Waals surface area (Å²) in [7, 11) is 0. The molecule has 0 spiro atoms. The Hall–Kier alpha value is -1.91. The van der Waals surface area contributed by atoms with E-state index in [4.69, 9.17) is 0 Å². The number of hydrogen-bond donors (Lipinski definition) is 2. The van der Waals surface area contributed by atoms with Crippen molar-refractivity contribution in [3.05, 3.63) is 35.3 Å². The van der Waals surface area contributed by atoms with E-state index in [1.807, 2.05) is 26.2 Å². The summed E-state index contributed by atoms with van der Waals surface area (Å²) in [6, 6.07) is 0.0959. The first-order chi connectivity index (χ1) is 9.10. The standard InChI is InChI=1S/C14H21N5/c1-5-6-12-8-15-11(4)19-14(12)18-10(3)13-16-7-9(2)17-13/h7-8,10H,5-6H2,1-4H3,(H,16,17)(H,15,18,19). The molecule has 0 saturated carbocycles. The van der Waals surface area contributed by atoms with Crippen LogP contribution in [-0.2, 0) is 6.42 Å². The molecule has 5 nitrogen and oxygen atoms in total. The van der Waals surface area contributed by atoms with Crippen molar-refractivity contribution in [3.63, 3.8) is 0 Å². The highest BCUT2D eigenvalue weighted by atomic mass is 15.1. The molecule has 0 aliphatic heterocycles. The summed E-state index contributed by atoms with van der Waals surface area (Å²) in [4.78, 5) is 16.4. The summed E-state index contributed by atoms with van der Waals surface area (Å²) in [6.45, 7) is 8.14. The monoisotopic (exact) mass is 259 g/mol. The molecule has 0 bridgehead atoms. The number of anilines is 1. The molecule has 0 radical (unpaired) electrons. The van der Waals surface area contributed by atoms with Crippen molar-refractivity contribution >= 4 is 5.82 Å². The highest BCUT2D eigenvalue weighted by Crippen LogP contribution is 2.19. The first-order valence-electron chi connectivity index (χ1n) is 6.70. The van der Waals surface area contributed by atoms with Crippen molar-refractivity contribution in [2.24, 2.45) is 0 Å². The number of imidazole rings is 1. The molecule has 2 aromatic rings. The van der Waals surface area contributed by atoms with Crippen LogP contribution in [0.5, 0.6) is 0 Å². The number of aromatic amines is 1.